The molecular formula is C7H7F2NO2S. The predicted molar refractivity (Wildman–Crippen MR) is 43.0 cm³/mol. The molecule has 0 bridgehead atoms. The van der Waals surface area contributed by atoms with Crippen LogP contribution in [0, 0.1) is 6.92 Å². The van der Waals surface area contributed by atoms with Crippen LogP contribution < -0.4 is 0 Å². The van der Waals surface area contributed by atoms with E-state index in [9.17, 15) is 13.6 Å². The molecule has 0 unspecified atom stereocenters. The Bertz CT molecular complexity index is 324. The Morgan fingerprint density at radius 3 is 2.77 bits per heavy atom. The molecule has 1 heterocycles. The molecule has 0 aromatic carbocycles. The van der Waals surface area contributed by atoms with E-state index in [1.807, 2.05) is 0 Å². The number of carbonyl (C=O) groups is 1. The summed E-state index contributed by atoms with van der Waals surface area (Å²) in [5, 5.41) is 8.24. The van der Waals surface area contributed by atoms with Crippen molar-refractivity contribution in [3.8, 4) is 0 Å². The highest BCUT2D eigenvalue weighted by molar-refractivity contribution is 7.09. The van der Waals surface area contributed by atoms with Crippen LogP contribution in [0.15, 0.2) is 5.51 Å². The summed E-state index contributed by atoms with van der Waals surface area (Å²) in [6.45, 7) is 1.43. The van der Waals surface area contributed by atoms with Crippen molar-refractivity contribution in [3.63, 3.8) is 0 Å². The lowest BCUT2D eigenvalue weighted by atomic mass is 10.2. The quantitative estimate of drug-likeness (QED) is 0.824. The van der Waals surface area contributed by atoms with Gasteiger partial charge in [0.2, 0.25) is 0 Å². The summed E-state index contributed by atoms with van der Waals surface area (Å²) in [5.41, 5.74) is 1.47. The zero-order valence-corrected chi connectivity index (χ0v) is 7.57. The number of carboxylic acid groups (broad SMARTS) is 1. The van der Waals surface area contributed by atoms with Crippen LogP contribution in [0.1, 0.15) is 17.0 Å². The van der Waals surface area contributed by atoms with Gasteiger partial charge in [-0.3, -0.25) is 4.79 Å². The Morgan fingerprint density at radius 1 is 1.77 bits per heavy atom. The highest BCUT2D eigenvalue weighted by Crippen LogP contribution is 2.36. The predicted octanol–water partition coefficient (Wildman–Crippen LogP) is 2.02. The Morgan fingerprint density at radius 2 is 2.38 bits per heavy atom. The minimum Gasteiger partial charge on any atom is -0.481 e. The fraction of sp³-hybridized carbons (Fsp3) is 0.429. The zero-order chi connectivity index (χ0) is 10.1. The first-order chi connectivity index (χ1) is 5.93. The lowest BCUT2D eigenvalue weighted by molar-refractivity contribution is -0.145. The smallest absolute Gasteiger partial charge is 0.309 e. The SMILES string of the molecule is Cc1ncsc1C(F)(F)CC(=O)O. The number of alkyl halides is 2. The van der Waals surface area contributed by atoms with Crippen molar-refractivity contribution in [2.24, 2.45) is 0 Å². The van der Waals surface area contributed by atoms with E-state index in [0.717, 1.165) is 11.3 Å². The number of thiazole rings is 1. The van der Waals surface area contributed by atoms with Crippen molar-refractivity contribution in [1.82, 2.24) is 4.98 Å². The minimum atomic E-state index is -3.31. The molecule has 13 heavy (non-hydrogen) atoms. The average molecular weight is 207 g/mol. The van der Waals surface area contributed by atoms with Gasteiger partial charge in [0.25, 0.3) is 5.92 Å². The van der Waals surface area contributed by atoms with Crippen LogP contribution in [0.2, 0.25) is 0 Å². The number of aryl methyl sites for hydroxylation is 1. The number of aromatic nitrogens is 1. The third-order valence-corrected chi connectivity index (χ3v) is 2.49. The summed E-state index contributed by atoms with van der Waals surface area (Å²) < 4.78 is 26.2. The summed E-state index contributed by atoms with van der Waals surface area (Å²) >= 11 is 0.774. The highest BCUT2D eigenvalue weighted by Gasteiger charge is 2.37. The molecule has 0 aliphatic heterocycles. The Kier molecular flexibility index (Phi) is 2.60. The molecule has 1 aromatic rings. The van der Waals surface area contributed by atoms with Gasteiger partial charge in [0, 0.05) is 0 Å². The van der Waals surface area contributed by atoms with Crippen LogP contribution in [-0.2, 0) is 10.7 Å². The van der Waals surface area contributed by atoms with E-state index in [4.69, 9.17) is 5.11 Å². The fourth-order valence-corrected chi connectivity index (χ4v) is 1.71. The Balaban J connectivity index is 2.93. The molecule has 0 fully saturated rings. The Hall–Kier alpha value is -1.04. The van der Waals surface area contributed by atoms with E-state index in [1.54, 1.807) is 0 Å². The van der Waals surface area contributed by atoms with Crippen molar-refractivity contribution in [2.75, 3.05) is 0 Å². The third-order valence-electron chi connectivity index (χ3n) is 1.45. The van der Waals surface area contributed by atoms with E-state index in [0.29, 0.717) is 0 Å². The summed E-state index contributed by atoms with van der Waals surface area (Å²) in [6, 6.07) is 0. The Labute approximate surface area is 77.0 Å². The molecule has 1 N–H and O–H groups in total. The first-order valence-electron chi connectivity index (χ1n) is 3.43. The molecule has 1 rings (SSSR count). The van der Waals surface area contributed by atoms with Gasteiger partial charge in [-0.25, -0.2) is 4.98 Å². The van der Waals surface area contributed by atoms with Crippen molar-refractivity contribution in [3.05, 3.63) is 16.1 Å². The molecule has 0 atom stereocenters. The largest absolute Gasteiger partial charge is 0.481 e. The lowest BCUT2D eigenvalue weighted by Gasteiger charge is -2.11. The van der Waals surface area contributed by atoms with Gasteiger partial charge in [-0.2, -0.15) is 8.78 Å². The van der Waals surface area contributed by atoms with E-state index in [1.165, 1.54) is 12.4 Å². The molecular weight excluding hydrogens is 200 g/mol. The number of hydrogen-bond donors (Lipinski definition) is 1. The van der Waals surface area contributed by atoms with Crippen LogP contribution in [-0.4, -0.2) is 16.1 Å². The molecule has 0 aliphatic rings. The number of nitrogens with zero attached hydrogens (tertiary/aromatic N) is 1. The van der Waals surface area contributed by atoms with Gasteiger partial charge in [-0.15, -0.1) is 11.3 Å². The number of halogens is 2. The second-order valence-electron chi connectivity index (χ2n) is 2.54. The van der Waals surface area contributed by atoms with Crippen molar-refractivity contribution < 1.29 is 18.7 Å². The maximum absolute atomic E-state index is 13.1. The molecule has 0 saturated carbocycles. The van der Waals surface area contributed by atoms with Gasteiger partial charge in [0.1, 0.15) is 6.42 Å². The molecule has 0 spiro atoms. The van der Waals surface area contributed by atoms with Crippen LogP contribution in [0.3, 0.4) is 0 Å². The van der Waals surface area contributed by atoms with Gasteiger partial charge in [-0.05, 0) is 6.92 Å². The summed E-state index contributed by atoms with van der Waals surface area (Å²) in [6.07, 6.45) is -1.18. The molecule has 0 radical (unpaired) electrons. The van der Waals surface area contributed by atoms with Crippen LogP contribution in [0.5, 0.6) is 0 Å². The first kappa shape index (κ1) is 10.0. The van der Waals surface area contributed by atoms with Crippen molar-refractivity contribution in [2.45, 2.75) is 19.3 Å². The van der Waals surface area contributed by atoms with E-state index >= 15 is 0 Å². The van der Waals surface area contributed by atoms with Crippen LogP contribution >= 0.6 is 11.3 Å². The summed E-state index contributed by atoms with van der Waals surface area (Å²) in [7, 11) is 0. The van der Waals surface area contributed by atoms with Crippen molar-refractivity contribution >= 4 is 17.3 Å². The topological polar surface area (TPSA) is 50.2 Å². The molecule has 3 nitrogen and oxygen atoms in total. The maximum atomic E-state index is 13.1. The van der Waals surface area contributed by atoms with Gasteiger partial charge in [0.15, 0.2) is 0 Å². The monoisotopic (exact) mass is 207 g/mol. The minimum absolute atomic E-state index is 0.191. The first-order valence-corrected chi connectivity index (χ1v) is 4.31. The van der Waals surface area contributed by atoms with E-state index < -0.39 is 18.3 Å². The standard InChI is InChI=1S/C7H7F2NO2S/c1-4-6(13-3-10-4)7(8,9)2-5(11)12/h3H,2H2,1H3,(H,11,12). The maximum Gasteiger partial charge on any atom is 0.309 e. The van der Waals surface area contributed by atoms with Crippen LogP contribution in [0.4, 0.5) is 8.78 Å². The zero-order valence-electron chi connectivity index (χ0n) is 6.75. The highest BCUT2D eigenvalue weighted by atomic mass is 32.1. The number of hydrogen-bond acceptors (Lipinski definition) is 3. The summed E-state index contributed by atoms with van der Waals surface area (Å²) in [4.78, 5) is 13.5. The molecule has 0 aliphatic carbocycles. The normalized spacial score (nSPS) is 11.6. The van der Waals surface area contributed by atoms with E-state index in [-0.39, 0.29) is 10.6 Å². The number of aliphatic carboxylic acids is 1. The molecule has 0 amide bonds. The second kappa shape index (κ2) is 3.37. The van der Waals surface area contributed by atoms with Crippen molar-refractivity contribution in [1.29, 1.82) is 0 Å². The fourth-order valence-electron chi connectivity index (χ4n) is 0.923. The van der Waals surface area contributed by atoms with Crippen LogP contribution in [0.25, 0.3) is 0 Å². The number of rotatable bonds is 3. The second-order valence-corrected chi connectivity index (χ2v) is 3.40. The van der Waals surface area contributed by atoms with Gasteiger partial charge in [-0.1, -0.05) is 0 Å². The number of carboxylic acids is 1. The van der Waals surface area contributed by atoms with Gasteiger partial charge in [0.05, 0.1) is 16.1 Å². The molecule has 0 saturated heterocycles. The molecule has 6 heteroatoms. The van der Waals surface area contributed by atoms with Gasteiger partial charge < -0.3 is 5.11 Å². The summed E-state index contributed by atoms with van der Waals surface area (Å²) in [5.74, 6) is -4.82. The average Bonchev–Trinajstić information content (AvgIpc) is 2.32. The molecule has 1 aromatic heterocycles. The lowest BCUT2D eigenvalue weighted by Crippen LogP contribution is -2.18. The third kappa shape index (κ3) is 2.21. The van der Waals surface area contributed by atoms with E-state index in [2.05, 4.69) is 4.98 Å². The van der Waals surface area contributed by atoms with Gasteiger partial charge >= 0.3 is 5.97 Å². The molecule has 72 valence electrons.